The van der Waals surface area contributed by atoms with E-state index in [1.807, 2.05) is 44.2 Å². The van der Waals surface area contributed by atoms with E-state index in [2.05, 4.69) is 20.8 Å². The van der Waals surface area contributed by atoms with Gasteiger partial charge in [0.25, 0.3) is 0 Å². The standard InChI is InChI=1S/C29H33ClN4O7S/c1-29(2,22-7-9-24(10-8-22)41-18-20-16-32-28(33-17-20)34-42(3,37)38)23-13-21(15-31)27(25(30)14-23)40-12-6-4-5-11-39-19-26(35)36/h7-10,13-14,16-17H,4-6,11-12,18-19H2,1-3H3,(H,35,36)(H,32,33,34). The highest BCUT2D eigenvalue weighted by Crippen LogP contribution is 2.38. The van der Waals surface area contributed by atoms with Crippen LogP contribution in [0.1, 0.15) is 55.4 Å². The molecule has 0 aliphatic rings. The lowest BCUT2D eigenvalue weighted by atomic mass is 9.77. The Morgan fingerprint density at radius 2 is 1.71 bits per heavy atom. The normalized spacial score (nSPS) is 11.5. The quantitative estimate of drug-likeness (QED) is 0.211. The minimum Gasteiger partial charge on any atom is -0.491 e. The Kier molecular flexibility index (Phi) is 11.5. The van der Waals surface area contributed by atoms with E-state index in [1.54, 1.807) is 6.07 Å². The third-order valence-corrected chi connectivity index (χ3v) is 7.09. The second-order valence-corrected chi connectivity index (χ2v) is 12.2. The van der Waals surface area contributed by atoms with Gasteiger partial charge in [-0.1, -0.05) is 37.6 Å². The van der Waals surface area contributed by atoms with Crippen molar-refractivity contribution in [2.24, 2.45) is 0 Å². The van der Waals surface area contributed by atoms with Gasteiger partial charge in [0.15, 0.2) is 5.75 Å². The summed E-state index contributed by atoms with van der Waals surface area (Å²) < 4.78 is 41.5. The molecule has 1 aromatic heterocycles. The van der Waals surface area contributed by atoms with E-state index in [0.717, 1.165) is 23.8 Å². The van der Waals surface area contributed by atoms with Crippen LogP contribution in [0.2, 0.25) is 5.02 Å². The maximum Gasteiger partial charge on any atom is 0.329 e. The van der Waals surface area contributed by atoms with Crippen LogP contribution in [0.25, 0.3) is 0 Å². The first kappa shape index (κ1) is 32.6. The number of halogens is 1. The topological polar surface area (TPSA) is 161 Å². The minimum atomic E-state index is -3.45. The van der Waals surface area contributed by atoms with Gasteiger partial charge >= 0.3 is 5.97 Å². The molecule has 0 fully saturated rings. The lowest BCUT2D eigenvalue weighted by molar-refractivity contribution is -0.142. The number of rotatable bonds is 16. The molecule has 0 bridgehead atoms. The molecule has 42 heavy (non-hydrogen) atoms. The van der Waals surface area contributed by atoms with Crippen LogP contribution in [-0.2, 0) is 31.6 Å². The second-order valence-electron chi connectivity index (χ2n) is 10.0. The molecule has 3 rings (SSSR count). The fourth-order valence-electron chi connectivity index (χ4n) is 3.95. The van der Waals surface area contributed by atoms with Crippen LogP contribution in [0.15, 0.2) is 48.8 Å². The summed E-state index contributed by atoms with van der Waals surface area (Å²) in [5, 5.41) is 18.7. The van der Waals surface area contributed by atoms with Crippen LogP contribution in [0, 0.1) is 11.3 Å². The SMILES string of the molecule is CC(C)(c1ccc(OCc2cnc(NS(C)(=O)=O)nc2)cc1)c1cc(Cl)c(OCCCCCOCC(=O)O)c(C#N)c1. The summed E-state index contributed by atoms with van der Waals surface area (Å²) in [5.74, 6) is -0.0348. The summed E-state index contributed by atoms with van der Waals surface area (Å²) in [6, 6.07) is 13.3. The molecule has 0 aliphatic heterocycles. The summed E-state index contributed by atoms with van der Waals surface area (Å²) >= 11 is 6.57. The largest absolute Gasteiger partial charge is 0.491 e. The zero-order valence-corrected chi connectivity index (χ0v) is 25.2. The third kappa shape index (κ3) is 9.87. The molecule has 0 atom stereocenters. The number of hydrogen-bond donors (Lipinski definition) is 2. The number of aromatic nitrogens is 2. The molecule has 11 nitrogen and oxygen atoms in total. The van der Waals surface area contributed by atoms with Gasteiger partial charge in [-0.25, -0.2) is 23.2 Å². The van der Waals surface area contributed by atoms with Crippen LogP contribution in [0.4, 0.5) is 5.95 Å². The van der Waals surface area contributed by atoms with Crippen molar-refractivity contribution in [1.82, 2.24) is 9.97 Å². The maximum absolute atomic E-state index is 11.3. The van der Waals surface area contributed by atoms with E-state index in [1.165, 1.54) is 12.4 Å². The Labute approximate surface area is 250 Å². The Hall–Kier alpha value is -3.92. The zero-order chi connectivity index (χ0) is 30.8. The smallest absolute Gasteiger partial charge is 0.329 e. The van der Waals surface area contributed by atoms with Gasteiger partial charge in [0.2, 0.25) is 16.0 Å². The number of nitriles is 1. The van der Waals surface area contributed by atoms with Gasteiger partial charge in [-0.15, -0.1) is 0 Å². The first-order valence-electron chi connectivity index (χ1n) is 13.1. The zero-order valence-electron chi connectivity index (χ0n) is 23.6. The third-order valence-electron chi connectivity index (χ3n) is 6.25. The van der Waals surface area contributed by atoms with E-state index >= 15 is 0 Å². The van der Waals surface area contributed by atoms with Crippen molar-refractivity contribution in [2.75, 3.05) is 30.8 Å². The van der Waals surface area contributed by atoms with Crippen LogP contribution >= 0.6 is 11.6 Å². The van der Waals surface area contributed by atoms with E-state index in [9.17, 15) is 18.5 Å². The summed E-state index contributed by atoms with van der Waals surface area (Å²) in [5.41, 5.74) is 2.35. The van der Waals surface area contributed by atoms with Crippen LogP contribution < -0.4 is 14.2 Å². The van der Waals surface area contributed by atoms with Crippen molar-refractivity contribution in [3.63, 3.8) is 0 Å². The first-order valence-corrected chi connectivity index (χ1v) is 15.3. The van der Waals surface area contributed by atoms with E-state index < -0.39 is 21.4 Å². The molecule has 13 heteroatoms. The number of carboxylic acids is 1. The fraction of sp³-hybridized carbons (Fsp3) is 0.379. The molecule has 224 valence electrons. The molecule has 0 saturated carbocycles. The highest BCUT2D eigenvalue weighted by Gasteiger charge is 2.26. The number of carboxylic acid groups (broad SMARTS) is 1. The van der Waals surface area contributed by atoms with E-state index in [4.69, 9.17) is 30.9 Å². The number of unbranched alkanes of at least 4 members (excludes halogenated alkanes) is 2. The minimum absolute atomic E-state index is 0.00986. The van der Waals surface area contributed by atoms with Crippen molar-refractivity contribution in [1.29, 1.82) is 5.26 Å². The second kappa shape index (κ2) is 14.8. The Morgan fingerprint density at radius 3 is 2.33 bits per heavy atom. The predicted molar refractivity (Wildman–Crippen MR) is 157 cm³/mol. The highest BCUT2D eigenvalue weighted by molar-refractivity contribution is 7.91. The lowest BCUT2D eigenvalue weighted by Crippen LogP contribution is -2.19. The number of sulfonamides is 1. The fourth-order valence-corrected chi connectivity index (χ4v) is 4.66. The average molecular weight is 617 g/mol. The number of nitrogens with one attached hydrogen (secondary N) is 1. The van der Waals surface area contributed by atoms with Crippen molar-refractivity contribution < 1.29 is 32.5 Å². The van der Waals surface area contributed by atoms with Crippen molar-refractivity contribution in [3.05, 3.63) is 76.1 Å². The first-order chi connectivity index (χ1) is 19.9. The molecule has 2 aromatic carbocycles. The van der Waals surface area contributed by atoms with Gasteiger partial charge in [0, 0.05) is 30.0 Å². The van der Waals surface area contributed by atoms with Gasteiger partial charge in [-0.05, 0) is 54.7 Å². The van der Waals surface area contributed by atoms with Crippen LogP contribution in [0.3, 0.4) is 0 Å². The molecule has 2 N–H and O–H groups in total. The predicted octanol–water partition coefficient (Wildman–Crippen LogP) is 4.93. The molecular weight excluding hydrogens is 584 g/mol. The van der Waals surface area contributed by atoms with Gasteiger partial charge in [-0.2, -0.15) is 5.26 Å². The summed E-state index contributed by atoms with van der Waals surface area (Å²) in [6.07, 6.45) is 6.20. The lowest BCUT2D eigenvalue weighted by Gasteiger charge is -2.27. The molecule has 0 radical (unpaired) electrons. The molecular formula is C29H33ClN4O7S. The van der Waals surface area contributed by atoms with E-state index in [-0.39, 0.29) is 19.2 Å². The maximum atomic E-state index is 11.3. The van der Waals surface area contributed by atoms with Crippen LogP contribution in [-0.4, -0.2) is 55.5 Å². The highest BCUT2D eigenvalue weighted by atomic mass is 35.5. The van der Waals surface area contributed by atoms with Crippen LogP contribution in [0.5, 0.6) is 11.5 Å². The van der Waals surface area contributed by atoms with E-state index in [0.29, 0.717) is 53.7 Å². The molecule has 1 heterocycles. The summed E-state index contributed by atoms with van der Waals surface area (Å²) in [6.45, 7) is 4.69. The summed E-state index contributed by atoms with van der Waals surface area (Å²) in [7, 11) is -3.45. The Balaban J connectivity index is 1.59. The molecule has 0 saturated heterocycles. The number of aliphatic carboxylic acids is 1. The molecule has 3 aromatic rings. The van der Waals surface area contributed by atoms with Crippen molar-refractivity contribution in [2.45, 2.75) is 45.1 Å². The molecule has 0 aliphatic carbocycles. The number of carbonyl (C=O) groups is 1. The molecule has 0 amide bonds. The van der Waals surface area contributed by atoms with Gasteiger partial charge in [0.1, 0.15) is 25.0 Å². The van der Waals surface area contributed by atoms with Gasteiger partial charge < -0.3 is 19.3 Å². The van der Waals surface area contributed by atoms with Crippen molar-refractivity contribution >= 4 is 33.5 Å². The monoisotopic (exact) mass is 616 g/mol. The Morgan fingerprint density at radius 1 is 1.05 bits per heavy atom. The van der Waals surface area contributed by atoms with Gasteiger partial charge in [0.05, 0.1) is 23.4 Å². The Bertz CT molecular complexity index is 1510. The van der Waals surface area contributed by atoms with Gasteiger partial charge in [-0.3, -0.25) is 4.72 Å². The average Bonchev–Trinajstić information content (AvgIpc) is 2.93. The summed E-state index contributed by atoms with van der Waals surface area (Å²) in [4.78, 5) is 18.4. The number of ether oxygens (including phenoxy) is 3. The number of benzene rings is 2. The number of anilines is 1. The number of nitrogens with zero attached hydrogens (tertiary/aromatic N) is 3. The number of hydrogen-bond acceptors (Lipinski definition) is 9. The molecule has 0 unspecified atom stereocenters. The van der Waals surface area contributed by atoms with Crippen molar-refractivity contribution in [3.8, 4) is 17.6 Å². The molecule has 0 spiro atoms.